The van der Waals surface area contributed by atoms with E-state index in [1.807, 2.05) is 37.3 Å². The van der Waals surface area contributed by atoms with Crippen LogP contribution in [0.1, 0.15) is 66.8 Å². The first-order chi connectivity index (χ1) is 20.6. The minimum absolute atomic E-state index is 0.0713. The Labute approximate surface area is 252 Å². The van der Waals surface area contributed by atoms with E-state index in [9.17, 15) is 29.1 Å². The number of carbonyl (C=O) groups excluding carboxylic acids is 4. The second-order valence-electron chi connectivity index (χ2n) is 10.4. The van der Waals surface area contributed by atoms with E-state index in [-0.39, 0.29) is 56.2 Å². The molecule has 1 aromatic heterocycles. The van der Waals surface area contributed by atoms with E-state index in [4.69, 9.17) is 4.74 Å². The zero-order valence-electron chi connectivity index (χ0n) is 25.1. The van der Waals surface area contributed by atoms with Crippen LogP contribution in [0.25, 0.3) is 11.3 Å². The predicted octanol–water partition coefficient (Wildman–Crippen LogP) is 3.27. The molecular formula is C31H41N5O7. The van der Waals surface area contributed by atoms with Crippen LogP contribution in [0.15, 0.2) is 42.5 Å². The van der Waals surface area contributed by atoms with Gasteiger partial charge in [-0.15, -0.1) is 0 Å². The number of nitrogens with one attached hydrogen (secondary N) is 1. The van der Waals surface area contributed by atoms with Gasteiger partial charge in [0.15, 0.2) is 0 Å². The number of piperazine rings is 1. The van der Waals surface area contributed by atoms with E-state index < -0.39 is 29.9 Å². The Balaban J connectivity index is 1.77. The summed E-state index contributed by atoms with van der Waals surface area (Å²) in [6, 6.07) is 10.9. The number of ether oxygens (including phenoxy) is 1. The molecule has 1 aliphatic heterocycles. The van der Waals surface area contributed by atoms with Gasteiger partial charge in [-0.25, -0.2) is 9.78 Å². The van der Waals surface area contributed by atoms with Crippen molar-refractivity contribution in [1.29, 1.82) is 0 Å². The minimum Gasteiger partial charge on any atom is -0.481 e. The fourth-order valence-electron chi connectivity index (χ4n) is 4.58. The lowest BCUT2D eigenvalue weighted by Gasteiger charge is -2.36. The summed E-state index contributed by atoms with van der Waals surface area (Å²) in [4.78, 5) is 72.7. The highest BCUT2D eigenvalue weighted by Crippen LogP contribution is 2.20. The number of benzene rings is 1. The minimum atomic E-state index is -1.14. The maximum Gasteiger partial charge on any atom is 0.409 e. The fourth-order valence-corrected chi connectivity index (χ4v) is 4.58. The Kier molecular flexibility index (Phi) is 12.5. The molecule has 232 valence electrons. The lowest BCUT2D eigenvalue weighted by atomic mass is 10.1. The van der Waals surface area contributed by atoms with Crippen molar-refractivity contribution in [2.24, 2.45) is 0 Å². The molecule has 2 heterocycles. The number of carboxylic acid groups (broad SMARTS) is 1. The first-order valence-electron chi connectivity index (χ1n) is 14.7. The van der Waals surface area contributed by atoms with Crippen molar-refractivity contribution in [1.82, 2.24) is 25.0 Å². The highest BCUT2D eigenvalue weighted by molar-refractivity contribution is 6.01. The lowest BCUT2D eigenvalue weighted by molar-refractivity contribution is -0.138. The smallest absolute Gasteiger partial charge is 0.409 e. The van der Waals surface area contributed by atoms with Crippen LogP contribution in [0.4, 0.5) is 4.79 Å². The molecule has 0 unspecified atom stereocenters. The van der Waals surface area contributed by atoms with Crippen molar-refractivity contribution in [3.05, 3.63) is 53.7 Å². The van der Waals surface area contributed by atoms with Crippen molar-refractivity contribution >= 4 is 29.8 Å². The summed E-state index contributed by atoms with van der Waals surface area (Å²) in [6.07, 6.45) is 1.87. The number of carboxylic acids is 1. The Morgan fingerprint density at radius 3 is 2.30 bits per heavy atom. The second kappa shape index (κ2) is 16.2. The van der Waals surface area contributed by atoms with Gasteiger partial charge in [0, 0.05) is 57.3 Å². The number of hydrogen-bond donors (Lipinski definition) is 2. The van der Waals surface area contributed by atoms with Gasteiger partial charge in [0.1, 0.15) is 11.7 Å². The molecule has 1 fully saturated rings. The van der Waals surface area contributed by atoms with E-state index >= 15 is 0 Å². The molecule has 1 atom stereocenters. The molecule has 4 amide bonds. The highest BCUT2D eigenvalue weighted by atomic mass is 16.6. The molecular weight excluding hydrogens is 554 g/mol. The van der Waals surface area contributed by atoms with Gasteiger partial charge >= 0.3 is 12.1 Å². The maximum atomic E-state index is 13.5. The van der Waals surface area contributed by atoms with E-state index in [1.165, 1.54) is 20.8 Å². The molecule has 2 aromatic rings. The Bertz CT molecular complexity index is 1280. The van der Waals surface area contributed by atoms with Crippen LogP contribution in [-0.4, -0.2) is 107 Å². The standard InChI is InChI=1S/C31H41N5O7/c1-4-6-10-19-43-31(42)36-17-15-35(16-18-36)30(41)24(13-14-27(37)38)33-28(39)26-21-23(29(40)34(3)5-2)20-25(32-26)22-11-8-7-9-12-22/h7-9,11-12,20-21,24H,4-6,10,13-19H2,1-3H3,(H,33,39)(H,37,38)/t24-/m0/s1. The second-order valence-corrected chi connectivity index (χ2v) is 10.4. The van der Waals surface area contributed by atoms with Crippen molar-refractivity contribution in [2.75, 3.05) is 46.4 Å². The summed E-state index contributed by atoms with van der Waals surface area (Å²) in [5.41, 5.74) is 1.30. The largest absolute Gasteiger partial charge is 0.481 e. The van der Waals surface area contributed by atoms with Crippen molar-refractivity contribution < 1.29 is 33.8 Å². The Morgan fingerprint density at radius 1 is 1.00 bits per heavy atom. The Hall–Kier alpha value is -4.48. The van der Waals surface area contributed by atoms with E-state index in [0.717, 1.165) is 19.3 Å². The number of aromatic nitrogens is 1. The van der Waals surface area contributed by atoms with Crippen molar-refractivity contribution in [3.8, 4) is 11.3 Å². The normalized spacial score (nSPS) is 13.7. The maximum absolute atomic E-state index is 13.5. The monoisotopic (exact) mass is 595 g/mol. The average molecular weight is 596 g/mol. The molecule has 1 aromatic carbocycles. The molecule has 0 bridgehead atoms. The van der Waals surface area contributed by atoms with Crippen LogP contribution in [0.3, 0.4) is 0 Å². The number of carbonyl (C=O) groups is 5. The van der Waals surface area contributed by atoms with Crippen molar-refractivity contribution in [2.45, 2.75) is 52.0 Å². The number of rotatable bonds is 13. The van der Waals surface area contributed by atoms with E-state index in [2.05, 4.69) is 17.2 Å². The summed E-state index contributed by atoms with van der Waals surface area (Å²) in [6.45, 7) is 5.64. The molecule has 0 spiro atoms. The van der Waals surface area contributed by atoms with Gasteiger partial charge in [-0.05, 0) is 31.9 Å². The van der Waals surface area contributed by atoms with Gasteiger partial charge in [0.25, 0.3) is 11.8 Å². The topological polar surface area (TPSA) is 149 Å². The third-order valence-electron chi connectivity index (χ3n) is 7.27. The molecule has 1 aliphatic rings. The average Bonchev–Trinajstić information content (AvgIpc) is 3.03. The summed E-state index contributed by atoms with van der Waals surface area (Å²) < 4.78 is 5.31. The molecule has 12 nitrogen and oxygen atoms in total. The number of hydrogen-bond acceptors (Lipinski definition) is 7. The third kappa shape index (κ3) is 9.52. The molecule has 0 radical (unpaired) electrons. The lowest BCUT2D eigenvalue weighted by Crippen LogP contribution is -2.56. The zero-order chi connectivity index (χ0) is 31.4. The molecule has 3 rings (SSSR count). The van der Waals surface area contributed by atoms with Gasteiger partial charge in [-0.3, -0.25) is 19.2 Å². The number of pyridine rings is 1. The molecule has 1 saturated heterocycles. The summed E-state index contributed by atoms with van der Waals surface area (Å²) >= 11 is 0. The van der Waals surface area contributed by atoms with Crippen LogP contribution in [0.2, 0.25) is 0 Å². The molecule has 12 heteroatoms. The zero-order valence-corrected chi connectivity index (χ0v) is 25.1. The Morgan fingerprint density at radius 2 is 1.67 bits per heavy atom. The number of aliphatic carboxylic acids is 1. The van der Waals surface area contributed by atoms with Gasteiger partial charge in [0.2, 0.25) is 5.91 Å². The molecule has 0 saturated carbocycles. The first kappa shape index (κ1) is 33.0. The van der Waals surface area contributed by atoms with Crippen LogP contribution >= 0.6 is 0 Å². The highest BCUT2D eigenvalue weighted by Gasteiger charge is 2.31. The molecule has 43 heavy (non-hydrogen) atoms. The summed E-state index contributed by atoms with van der Waals surface area (Å²) in [7, 11) is 1.65. The number of unbranched alkanes of at least 4 members (excludes halogenated alkanes) is 2. The van der Waals surface area contributed by atoms with Crippen LogP contribution in [0.5, 0.6) is 0 Å². The molecule has 0 aliphatic carbocycles. The first-order valence-corrected chi connectivity index (χ1v) is 14.7. The van der Waals surface area contributed by atoms with Crippen LogP contribution in [-0.2, 0) is 14.3 Å². The van der Waals surface area contributed by atoms with Crippen LogP contribution < -0.4 is 5.32 Å². The SMILES string of the molecule is CCCCCOC(=O)N1CCN(C(=O)[C@H](CCC(=O)O)NC(=O)c2cc(C(=O)N(C)CC)cc(-c3ccccc3)n2)CC1. The van der Waals surface area contributed by atoms with Gasteiger partial charge < -0.3 is 29.9 Å². The number of nitrogens with zero attached hydrogens (tertiary/aromatic N) is 4. The van der Waals surface area contributed by atoms with Crippen molar-refractivity contribution in [3.63, 3.8) is 0 Å². The van der Waals surface area contributed by atoms with E-state index in [0.29, 0.717) is 24.4 Å². The van der Waals surface area contributed by atoms with Gasteiger partial charge in [0.05, 0.1) is 12.3 Å². The van der Waals surface area contributed by atoms with E-state index in [1.54, 1.807) is 13.1 Å². The van der Waals surface area contributed by atoms with Crippen LogP contribution in [0, 0.1) is 0 Å². The summed E-state index contributed by atoms with van der Waals surface area (Å²) in [5, 5.41) is 12.0. The van der Waals surface area contributed by atoms with Gasteiger partial charge in [-0.1, -0.05) is 50.1 Å². The number of amides is 4. The predicted molar refractivity (Wildman–Crippen MR) is 159 cm³/mol. The third-order valence-corrected chi connectivity index (χ3v) is 7.27. The fraction of sp³-hybridized carbons (Fsp3) is 0.484. The molecule has 2 N–H and O–H groups in total. The quantitative estimate of drug-likeness (QED) is 0.335. The van der Waals surface area contributed by atoms with Gasteiger partial charge in [-0.2, -0.15) is 0 Å². The summed E-state index contributed by atoms with van der Waals surface area (Å²) in [5.74, 6) is -2.56.